The van der Waals surface area contributed by atoms with Gasteiger partial charge in [-0.2, -0.15) is 0 Å². The SMILES string of the molecule is CCN1CCN(c2ccc(NC(=S)NC(=O)/C=C/c3ccccc3)cc2)CC1. The van der Waals surface area contributed by atoms with Gasteiger partial charge in [-0.1, -0.05) is 37.3 Å². The van der Waals surface area contributed by atoms with Crippen LogP contribution in [0, 0.1) is 0 Å². The molecule has 1 saturated heterocycles. The highest BCUT2D eigenvalue weighted by molar-refractivity contribution is 7.80. The Hall–Kier alpha value is -2.70. The molecule has 0 saturated carbocycles. The molecule has 28 heavy (non-hydrogen) atoms. The highest BCUT2D eigenvalue weighted by Crippen LogP contribution is 2.19. The molecule has 1 amide bonds. The molecular formula is C22H26N4OS. The predicted molar refractivity (Wildman–Crippen MR) is 121 cm³/mol. The Kier molecular flexibility index (Phi) is 7.17. The number of nitrogens with zero attached hydrogens (tertiary/aromatic N) is 2. The third-order valence-electron chi connectivity index (χ3n) is 4.77. The van der Waals surface area contributed by atoms with Crippen LogP contribution in [-0.2, 0) is 4.79 Å². The smallest absolute Gasteiger partial charge is 0.250 e. The molecule has 5 nitrogen and oxygen atoms in total. The number of hydrogen-bond acceptors (Lipinski definition) is 4. The van der Waals surface area contributed by atoms with Crippen LogP contribution in [0.4, 0.5) is 11.4 Å². The lowest BCUT2D eigenvalue weighted by molar-refractivity contribution is -0.115. The highest BCUT2D eigenvalue weighted by atomic mass is 32.1. The minimum absolute atomic E-state index is 0.258. The van der Waals surface area contributed by atoms with E-state index in [0.717, 1.165) is 44.0 Å². The number of thiocarbonyl (C=S) groups is 1. The zero-order chi connectivity index (χ0) is 19.8. The van der Waals surface area contributed by atoms with E-state index in [1.807, 2.05) is 42.5 Å². The number of carbonyl (C=O) groups excluding carboxylic acids is 1. The van der Waals surface area contributed by atoms with Crippen LogP contribution in [0.1, 0.15) is 12.5 Å². The second-order valence-electron chi connectivity index (χ2n) is 6.66. The largest absolute Gasteiger partial charge is 0.369 e. The van der Waals surface area contributed by atoms with Crippen LogP contribution in [0.5, 0.6) is 0 Å². The number of piperazine rings is 1. The Morgan fingerprint density at radius 3 is 2.36 bits per heavy atom. The number of nitrogens with one attached hydrogen (secondary N) is 2. The molecule has 2 aromatic rings. The van der Waals surface area contributed by atoms with Gasteiger partial charge in [-0.15, -0.1) is 0 Å². The topological polar surface area (TPSA) is 47.6 Å². The van der Waals surface area contributed by atoms with Gasteiger partial charge in [-0.3, -0.25) is 10.1 Å². The maximum atomic E-state index is 12.0. The second-order valence-corrected chi connectivity index (χ2v) is 7.06. The Morgan fingerprint density at radius 2 is 1.71 bits per heavy atom. The van der Waals surface area contributed by atoms with E-state index >= 15 is 0 Å². The van der Waals surface area contributed by atoms with Crippen LogP contribution in [0.2, 0.25) is 0 Å². The molecule has 1 fully saturated rings. The summed E-state index contributed by atoms with van der Waals surface area (Å²) in [7, 11) is 0. The third kappa shape index (κ3) is 5.90. The zero-order valence-corrected chi connectivity index (χ0v) is 16.9. The summed E-state index contributed by atoms with van der Waals surface area (Å²) in [5.41, 5.74) is 3.03. The Morgan fingerprint density at radius 1 is 1.04 bits per heavy atom. The average molecular weight is 395 g/mol. The number of hydrogen-bond donors (Lipinski definition) is 2. The van der Waals surface area contributed by atoms with E-state index in [-0.39, 0.29) is 11.0 Å². The van der Waals surface area contributed by atoms with Gasteiger partial charge in [0, 0.05) is 43.6 Å². The van der Waals surface area contributed by atoms with E-state index in [9.17, 15) is 4.79 Å². The first-order chi connectivity index (χ1) is 13.6. The molecule has 0 aliphatic carbocycles. The Balaban J connectivity index is 1.48. The summed E-state index contributed by atoms with van der Waals surface area (Å²) in [4.78, 5) is 16.8. The number of benzene rings is 2. The van der Waals surface area contributed by atoms with Crippen molar-refractivity contribution >= 4 is 40.7 Å². The van der Waals surface area contributed by atoms with Crippen molar-refractivity contribution in [2.75, 3.05) is 42.9 Å². The first-order valence-electron chi connectivity index (χ1n) is 9.56. The predicted octanol–water partition coefficient (Wildman–Crippen LogP) is 3.35. The molecule has 0 unspecified atom stereocenters. The third-order valence-corrected chi connectivity index (χ3v) is 4.98. The summed E-state index contributed by atoms with van der Waals surface area (Å²) in [5, 5.41) is 6.01. The average Bonchev–Trinajstić information content (AvgIpc) is 2.73. The lowest BCUT2D eigenvalue weighted by Gasteiger charge is -2.35. The summed E-state index contributed by atoms with van der Waals surface area (Å²) in [6.07, 6.45) is 3.23. The molecule has 6 heteroatoms. The molecule has 1 aliphatic heterocycles. The quantitative estimate of drug-likeness (QED) is 0.602. The van der Waals surface area contributed by atoms with Gasteiger partial charge in [0.1, 0.15) is 0 Å². The molecule has 2 N–H and O–H groups in total. The normalized spacial score (nSPS) is 14.8. The van der Waals surface area contributed by atoms with Gasteiger partial charge in [-0.05, 0) is 54.7 Å². The van der Waals surface area contributed by atoms with Crippen LogP contribution < -0.4 is 15.5 Å². The number of likely N-dealkylation sites (N-methyl/N-ethyl adjacent to an activating group) is 1. The molecule has 146 valence electrons. The Bertz CT molecular complexity index is 812. The Labute approximate surface area is 172 Å². The summed E-state index contributed by atoms with van der Waals surface area (Å²) in [5.74, 6) is -0.258. The maximum Gasteiger partial charge on any atom is 0.250 e. The first-order valence-corrected chi connectivity index (χ1v) is 9.97. The van der Waals surface area contributed by atoms with Gasteiger partial charge < -0.3 is 15.1 Å². The molecule has 3 rings (SSSR count). The summed E-state index contributed by atoms with van der Waals surface area (Å²) in [6, 6.07) is 17.8. The van der Waals surface area contributed by atoms with Crippen LogP contribution >= 0.6 is 12.2 Å². The van der Waals surface area contributed by atoms with Gasteiger partial charge in [-0.25, -0.2) is 0 Å². The van der Waals surface area contributed by atoms with Crippen molar-refractivity contribution in [1.29, 1.82) is 0 Å². The van der Waals surface area contributed by atoms with Crippen LogP contribution in [0.15, 0.2) is 60.7 Å². The van der Waals surface area contributed by atoms with Crippen molar-refractivity contribution < 1.29 is 4.79 Å². The fourth-order valence-electron chi connectivity index (χ4n) is 3.13. The van der Waals surface area contributed by atoms with Crippen molar-refractivity contribution in [3.8, 4) is 0 Å². The monoisotopic (exact) mass is 394 g/mol. The molecule has 0 aromatic heterocycles. The van der Waals surface area contributed by atoms with Crippen LogP contribution in [0.3, 0.4) is 0 Å². The van der Waals surface area contributed by atoms with E-state index < -0.39 is 0 Å². The highest BCUT2D eigenvalue weighted by Gasteiger charge is 2.15. The van der Waals surface area contributed by atoms with Gasteiger partial charge in [0.05, 0.1) is 0 Å². The molecule has 0 spiro atoms. The zero-order valence-electron chi connectivity index (χ0n) is 16.1. The fourth-order valence-corrected chi connectivity index (χ4v) is 3.35. The van der Waals surface area contributed by atoms with Gasteiger partial charge >= 0.3 is 0 Å². The van der Waals surface area contributed by atoms with Gasteiger partial charge in [0.25, 0.3) is 0 Å². The molecule has 1 aliphatic rings. The van der Waals surface area contributed by atoms with Gasteiger partial charge in [0.2, 0.25) is 5.91 Å². The fraction of sp³-hybridized carbons (Fsp3) is 0.273. The second kappa shape index (κ2) is 10.0. The first kappa shape index (κ1) is 20.0. The summed E-state index contributed by atoms with van der Waals surface area (Å²) in [6.45, 7) is 7.60. The van der Waals surface area contributed by atoms with E-state index in [2.05, 4.69) is 39.5 Å². The van der Waals surface area contributed by atoms with Gasteiger partial charge in [0.15, 0.2) is 5.11 Å². The molecule has 1 heterocycles. The lowest BCUT2D eigenvalue weighted by atomic mass is 10.2. The number of carbonyl (C=O) groups is 1. The van der Waals surface area contributed by atoms with Crippen molar-refractivity contribution in [3.63, 3.8) is 0 Å². The van der Waals surface area contributed by atoms with Crippen LogP contribution in [-0.4, -0.2) is 48.6 Å². The van der Waals surface area contributed by atoms with E-state index in [1.54, 1.807) is 6.08 Å². The maximum absolute atomic E-state index is 12.0. The van der Waals surface area contributed by atoms with Crippen molar-refractivity contribution in [2.24, 2.45) is 0 Å². The van der Waals surface area contributed by atoms with E-state index in [4.69, 9.17) is 12.2 Å². The van der Waals surface area contributed by atoms with Crippen molar-refractivity contribution in [3.05, 3.63) is 66.2 Å². The molecule has 0 bridgehead atoms. The minimum atomic E-state index is -0.258. The standard InChI is InChI=1S/C22H26N4OS/c1-2-25-14-16-26(17-15-25)20-11-9-19(10-12-20)23-22(28)24-21(27)13-8-18-6-4-3-5-7-18/h3-13H,2,14-17H2,1H3,(H2,23,24,27,28)/b13-8+. The minimum Gasteiger partial charge on any atom is -0.369 e. The lowest BCUT2D eigenvalue weighted by Crippen LogP contribution is -2.46. The molecule has 0 radical (unpaired) electrons. The van der Waals surface area contributed by atoms with E-state index in [0.29, 0.717) is 0 Å². The number of rotatable bonds is 5. The van der Waals surface area contributed by atoms with E-state index in [1.165, 1.54) is 11.8 Å². The number of anilines is 2. The van der Waals surface area contributed by atoms with Crippen molar-refractivity contribution in [1.82, 2.24) is 10.2 Å². The molecule has 2 aromatic carbocycles. The van der Waals surface area contributed by atoms with Crippen molar-refractivity contribution in [2.45, 2.75) is 6.92 Å². The summed E-state index contributed by atoms with van der Waals surface area (Å²) >= 11 is 5.23. The number of amides is 1. The summed E-state index contributed by atoms with van der Waals surface area (Å²) < 4.78 is 0. The molecule has 0 atom stereocenters. The van der Waals surface area contributed by atoms with Crippen LogP contribution in [0.25, 0.3) is 6.08 Å². The molecular weight excluding hydrogens is 368 g/mol.